The van der Waals surface area contributed by atoms with Crippen molar-refractivity contribution in [1.29, 1.82) is 0 Å². The van der Waals surface area contributed by atoms with Crippen LogP contribution in [0.15, 0.2) is 28.7 Å². The summed E-state index contributed by atoms with van der Waals surface area (Å²) in [6.07, 6.45) is 0.754. The molecule has 5 heteroatoms. The number of halogens is 1. The Morgan fingerprint density at radius 1 is 1.10 bits per heavy atom. The van der Waals surface area contributed by atoms with E-state index >= 15 is 0 Å². The average molecular weight is 355 g/mol. The number of hydrogen-bond donors (Lipinski definition) is 2. The van der Waals surface area contributed by atoms with E-state index in [2.05, 4.69) is 26.6 Å². The summed E-state index contributed by atoms with van der Waals surface area (Å²) in [7, 11) is 0. The molecule has 1 aromatic rings. The van der Waals surface area contributed by atoms with Gasteiger partial charge in [0.25, 0.3) is 0 Å². The van der Waals surface area contributed by atoms with Gasteiger partial charge in [0.2, 0.25) is 11.8 Å². The summed E-state index contributed by atoms with van der Waals surface area (Å²) < 4.78 is 1.04. The third-order valence-corrected chi connectivity index (χ3v) is 3.68. The maximum Gasteiger partial charge on any atom is 0.243 e. The highest BCUT2D eigenvalue weighted by Gasteiger charge is 2.23. The zero-order chi connectivity index (χ0) is 16.0. The normalized spacial score (nSPS) is 13.6. The summed E-state index contributed by atoms with van der Waals surface area (Å²) in [6, 6.07) is 7.54. The molecule has 0 aliphatic rings. The van der Waals surface area contributed by atoms with Crippen molar-refractivity contribution in [2.75, 3.05) is 0 Å². The third-order valence-electron chi connectivity index (χ3n) is 3.15. The second-order valence-corrected chi connectivity index (χ2v) is 6.58. The Morgan fingerprint density at radius 2 is 1.67 bits per heavy atom. The van der Waals surface area contributed by atoms with Gasteiger partial charge in [-0.2, -0.15) is 0 Å². The molecule has 0 saturated carbocycles. The van der Waals surface area contributed by atoms with Crippen LogP contribution in [0.1, 0.15) is 33.3 Å². The van der Waals surface area contributed by atoms with Crippen LogP contribution in [-0.4, -0.2) is 23.9 Å². The molecule has 0 aliphatic heterocycles. The molecule has 116 valence electrons. The summed E-state index contributed by atoms with van der Waals surface area (Å²) in [6.45, 7) is 7.22. The van der Waals surface area contributed by atoms with Crippen molar-refractivity contribution in [2.24, 2.45) is 5.92 Å². The van der Waals surface area contributed by atoms with E-state index in [9.17, 15) is 9.59 Å². The van der Waals surface area contributed by atoms with Crippen LogP contribution in [0.5, 0.6) is 0 Å². The summed E-state index contributed by atoms with van der Waals surface area (Å²) >= 11 is 3.40. The topological polar surface area (TPSA) is 58.2 Å². The molecule has 2 atom stereocenters. The molecular formula is C16H23BrN2O2. The third kappa shape index (κ3) is 6.29. The summed E-state index contributed by atoms with van der Waals surface area (Å²) in [4.78, 5) is 23.4. The molecule has 0 unspecified atom stereocenters. The number of carbonyl (C=O) groups excluding carboxylic acids is 2. The molecule has 4 nitrogen and oxygen atoms in total. The van der Waals surface area contributed by atoms with Crippen LogP contribution in [0.2, 0.25) is 0 Å². The highest BCUT2D eigenvalue weighted by Crippen LogP contribution is 2.12. The van der Waals surface area contributed by atoms with Crippen LogP contribution < -0.4 is 10.6 Å². The van der Waals surface area contributed by atoms with Crippen molar-refractivity contribution >= 4 is 27.7 Å². The van der Waals surface area contributed by atoms with Crippen molar-refractivity contribution in [2.45, 2.75) is 46.2 Å². The average Bonchev–Trinajstić information content (AvgIpc) is 2.38. The van der Waals surface area contributed by atoms with Crippen LogP contribution in [0.25, 0.3) is 0 Å². The molecule has 0 fully saturated rings. The first-order chi connectivity index (χ1) is 9.79. The van der Waals surface area contributed by atoms with Gasteiger partial charge in [-0.05, 0) is 37.0 Å². The Bertz CT molecular complexity index is 486. The number of nitrogens with one attached hydrogen (secondary N) is 2. The SMILES string of the molecule is CC(=O)N[C@H](C(=O)N[C@H](C)Cc1ccc(Br)cc1)C(C)C. The minimum absolute atomic E-state index is 0.00804. The number of benzene rings is 1. The monoisotopic (exact) mass is 354 g/mol. The number of amides is 2. The lowest BCUT2D eigenvalue weighted by Gasteiger charge is -2.23. The maximum absolute atomic E-state index is 12.2. The van der Waals surface area contributed by atoms with Gasteiger partial charge in [0.05, 0.1) is 0 Å². The minimum Gasteiger partial charge on any atom is -0.352 e. The van der Waals surface area contributed by atoms with Crippen molar-refractivity contribution in [3.63, 3.8) is 0 Å². The van der Waals surface area contributed by atoms with Gasteiger partial charge >= 0.3 is 0 Å². The lowest BCUT2D eigenvalue weighted by atomic mass is 10.0. The molecule has 2 N–H and O–H groups in total. The Morgan fingerprint density at radius 3 is 2.14 bits per heavy atom. The summed E-state index contributed by atoms with van der Waals surface area (Å²) in [5.41, 5.74) is 1.16. The molecule has 0 heterocycles. The van der Waals surface area contributed by atoms with Gasteiger partial charge in [0.15, 0.2) is 0 Å². The fraction of sp³-hybridized carbons (Fsp3) is 0.500. The number of rotatable bonds is 6. The fourth-order valence-corrected chi connectivity index (χ4v) is 2.38. The Hall–Kier alpha value is -1.36. The first-order valence-electron chi connectivity index (χ1n) is 7.11. The van der Waals surface area contributed by atoms with E-state index in [4.69, 9.17) is 0 Å². The Balaban J connectivity index is 2.59. The van der Waals surface area contributed by atoms with Crippen LogP contribution in [0.3, 0.4) is 0 Å². The van der Waals surface area contributed by atoms with E-state index in [-0.39, 0.29) is 23.8 Å². The first kappa shape index (κ1) is 17.7. The van der Waals surface area contributed by atoms with E-state index in [0.717, 1.165) is 16.5 Å². The number of carbonyl (C=O) groups is 2. The second kappa shape index (κ2) is 8.17. The molecule has 0 saturated heterocycles. The molecule has 1 aromatic carbocycles. The predicted octanol–water partition coefficient (Wildman–Crippen LogP) is 2.66. The maximum atomic E-state index is 12.2. The largest absolute Gasteiger partial charge is 0.352 e. The molecule has 0 bridgehead atoms. The van der Waals surface area contributed by atoms with Crippen molar-refractivity contribution < 1.29 is 9.59 Å². The number of hydrogen-bond acceptors (Lipinski definition) is 2. The van der Waals surface area contributed by atoms with Crippen molar-refractivity contribution in [1.82, 2.24) is 10.6 Å². The molecule has 0 spiro atoms. The predicted molar refractivity (Wildman–Crippen MR) is 87.9 cm³/mol. The molecular weight excluding hydrogens is 332 g/mol. The molecule has 0 radical (unpaired) electrons. The zero-order valence-corrected chi connectivity index (χ0v) is 14.5. The van der Waals surface area contributed by atoms with Crippen LogP contribution in [0, 0.1) is 5.92 Å². The van der Waals surface area contributed by atoms with Crippen LogP contribution in [0.4, 0.5) is 0 Å². The first-order valence-corrected chi connectivity index (χ1v) is 7.90. The van der Waals surface area contributed by atoms with Gasteiger partial charge in [-0.15, -0.1) is 0 Å². The summed E-state index contributed by atoms with van der Waals surface area (Å²) in [5.74, 6) is -0.275. The van der Waals surface area contributed by atoms with E-state index in [0.29, 0.717) is 0 Å². The molecule has 0 aromatic heterocycles. The quantitative estimate of drug-likeness (QED) is 0.824. The zero-order valence-electron chi connectivity index (χ0n) is 12.9. The van der Waals surface area contributed by atoms with E-state index in [1.54, 1.807) is 0 Å². The highest BCUT2D eigenvalue weighted by atomic mass is 79.9. The highest BCUT2D eigenvalue weighted by molar-refractivity contribution is 9.10. The smallest absolute Gasteiger partial charge is 0.243 e. The lowest BCUT2D eigenvalue weighted by Crippen LogP contribution is -2.51. The molecule has 0 aliphatic carbocycles. The van der Waals surface area contributed by atoms with Gasteiger partial charge in [-0.25, -0.2) is 0 Å². The van der Waals surface area contributed by atoms with Crippen molar-refractivity contribution in [3.8, 4) is 0 Å². The molecule has 2 amide bonds. The Kier molecular flexibility index (Phi) is 6.89. The lowest BCUT2D eigenvalue weighted by molar-refractivity contribution is -0.129. The summed E-state index contributed by atoms with van der Waals surface area (Å²) in [5, 5.41) is 5.66. The minimum atomic E-state index is -0.491. The van der Waals surface area contributed by atoms with Gasteiger partial charge in [0, 0.05) is 17.4 Å². The molecule has 21 heavy (non-hydrogen) atoms. The van der Waals surface area contributed by atoms with Gasteiger partial charge in [0.1, 0.15) is 6.04 Å². The Labute approximate surface area is 134 Å². The van der Waals surface area contributed by atoms with E-state index in [1.165, 1.54) is 6.92 Å². The van der Waals surface area contributed by atoms with Gasteiger partial charge in [-0.3, -0.25) is 9.59 Å². The van der Waals surface area contributed by atoms with Gasteiger partial charge < -0.3 is 10.6 Å². The second-order valence-electron chi connectivity index (χ2n) is 5.66. The van der Waals surface area contributed by atoms with E-state index in [1.807, 2.05) is 45.0 Å². The standard InChI is InChI=1S/C16H23BrN2O2/c1-10(2)15(19-12(4)20)16(21)18-11(3)9-13-5-7-14(17)8-6-13/h5-8,10-11,15H,9H2,1-4H3,(H,18,21)(H,19,20)/t11-,15+/m1/s1. The van der Waals surface area contributed by atoms with Crippen LogP contribution >= 0.6 is 15.9 Å². The van der Waals surface area contributed by atoms with Crippen LogP contribution in [-0.2, 0) is 16.0 Å². The van der Waals surface area contributed by atoms with E-state index < -0.39 is 6.04 Å². The van der Waals surface area contributed by atoms with Crippen molar-refractivity contribution in [3.05, 3.63) is 34.3 Å². The van der Waals surface area contributed by atoms with Gasteiger partial charge in [-0.1, -0.05) is 41.9 Å². The molecule has 1 rings (SSSR count). The fourth-order valence-electron chi connectivity index (χ4n) is 2.11.